The number of ether oxygens (including phenoxy) is 2. The Labute approximate surface area is 712 Å². The summed E-state index contributed by atoms with van der Waals surface area (Å²) in [7, 11) is 1.39. The highest BCUT2D eigenvalue weighted by Crippen LogP contribution is 2.49. The van der Waals surface area contributed by atoms with Crippen molar-refractivity contribution >= 4 is 41.6 Å². The molecular formula is C107H100N6O9. The van der Waals surface area contributed by atoms with Crippen LogP contribution >= 0.6 is 0 Å². The van der Waals surface area contributed by atoms with Crippen molar-refractivity contribution in [1.82, 2.24) is 31.9 Å². The summed E-state index contributed by atoms with van der Waals surface area (Å²) in [4.78, 5) is 114. The van der Waals surface area contributed by atoms with Crippen molar-refractivity contribution < 1.29 is 43.0 Å². The third-order valence-electron chi connectivity index (χ3n) is 26.9. The third-order valence-corrected chi connectivity index (χ3v) is 26.9. The zero-order valence-corrected chi connectivity index (χ0v) is 69.4. The fourth-order valence-corrected chi connectivity index (χ4v) is 20.9. The largest absolute Gasteiger partial charge is 0.469 e. The number of methoxy groups -OCH3 is 1. The molecule has 0 atom stereocenters. The molecule has 12 aromatic carbocycles. The van der Waals surface area contributed by atoms with E-state index in [2.05, 4.69) is 129 Å². The first-order chi connectivity index (χ1) is 59.2. The molecule has 122 heavy (non-hydrogen) atoms. The first-order valence-corrected chi connectivity index (χ1v) is 42.6. The predicted octanol–water partition coefficient (Wildman–Crippen LogP) is 16.7. The molecule has 0 heterocycles. The minimum Gasteiger partial charge on any atom is -0.469 e. The summed E-state index contributed by atoms with van der Waals surface area (Å²) in [5, 5.41) is 20.7. The number of esters is 1. The molecule has 0 saturated heterocycles. The van der Waals surface area contributed by atoms with E-state index in [1.165, 1.54) is 7.11 Å². The molecular weight excluding hydrogens is 1510 g/mol. The van der Waals surface area contributed by atoms with Gasteiger partial charge in [-0.05, 0) is 219 Å². The van der Waals surface area contributed by atoms with Gasteiger partial charge in [0.1, 0.15) is 11.1 Å². The molecule has 15 nitrogen and oxygen atoms in total. The maximum absolute atomic E-state index is 17.6. The zero-order chi connectivity index (χ0) is 84.0. The summed E-state index contributed by atoms with van der Waals surface area (Å²) in [6, 6.07) is 97.0. The van der Waals surface area contributed by atoms with E-state index in [-0.39, 0.29) is 122 Å². The number of hydrogen-bond acceptors (Lipinski definition) is 9. The second-order valence-electron chi connectivity index (χ2n) is 36.0. The number of hydrogen-bond donors (Lipinski definition) is 6. The lowest BCUT2D eigenvalue weighted by atomic mass is 9.73. The van der Waals surface area contributed by atoms with Crippen LogP contribution in [-0.4, -0.2) is 92.6 Å². The van der Waals surface area contributed by atoms with Gasteiger partial charge in [-0.3, -0.25) is 28.8 Å². The van der Waals surface area contributed by atoms with Gasteiger partial charge in [0, 0.05) is 45.6 Å². The SMILES string of the molecule is COC(=O)C1(CNC(=O)C2(NC(=O)C3(CNC(=O)C4(CNC(=O)C5(CNC(=O)C6(CNC(=O)OC(C)(C)C)Cc7ccccc7-c7ccccc7C6)Cc6ccccc6-c6ccccc6C5)Cc5ccccc5-c5ccccc5C4)Cc4ccccc4-c4ccccc4C3)Cc3ccccc3-c3ccccc3C2)Cc2ccccc2-c2ccccc2C1. The van der Waals surface area contributed by atoms with Crippen molar-refractivity contribution in [3.05, 3.63) is 358 Å². The molecule has 0 bridgehead atoms. The monoisotopic (exact) mass is 1610 g/mol. The number of carbonyl (C=O) groups is 7. The first-order valence-electron chi connectivity index (χ1n) is 42.6. The molecule has 612 valence electrons. The average Bonchev–Trinajstić information content (AvgIpc) is 1.57. The topological polar surface area (TPSA) is 210 Å². The molecule has 18 rings (SSSR count). The van der Waals surface area contributed by atoms with Crippen LogP contribution in [0.25, 0.3) is 66.8 Å². The number of nitrogens with one attached hydrogen (secondary N) is 6. The van der Waals surface area contributed by atoms with Crippen molar-refractivity contribution in [3.63, 3.8) is 0 Å². The van der Waals surface area contributed by atoms with Crippen molar-refractivity contribution in [2.45, 2.75) is 109 Å². The quantitative estimate of drug-likeness (QED) is 0.0478. The van der Waals surface area contributed by atoms with Crippen LogP contribution in [0.1, 0.15) is 87.5 Å². The number of fused-ring (bicyclic) bond motifs is 18. The molecule has 12 aromatic rings. The maximum Gasteiger partial charge on any atom is 0.407 e. The van der Waals surface area contributed by atoms with Crippen molar-refractivity contribution in [1.29, 1.82) is 0 Å². The molecule has 0 aliphatic heterocycles. The van der Waals surface area contributed by atoms with Gasteiger partial charge in [-0.1, -0.05) is 291 Å². The Balaban J connectivity index is 0.735. The lowest BCUT2D eigenvalue weighted by Gasteiger charge is -2.41. The smallest absolute Gasteiger partial charge is 0.407 e. The lowest BCUT2D eigenvalue weighted by Crippen LogP contribution is -2.66. The van der Waals surface area contributed by atoms with Crippen LogP contribution in [0.2, 0.25) is 0 Å². The van der Waals surface area contributed by atoms with Gasteiger partial charge in [-0.25, -0.2) is 4.79 Å². The summed E-state index contributed by atoms with van der Waals surface area (Å²) >= 11 is 0. The first kappa shape index (κ1) is 79.8. The molecule has 6 aliphatic carbocycles. The second-order valence-corrected chi connectivity index (χ2v) is 36.0. The van der Waals surface area contributed by atoms with Crippen molar-refractivity contribution in [3.8, 4) is 66.8 Å². The minimum atomic E-state index is -1.74. The molecule has 15 heteroatoms. The Morgan fingerprint density at radius 3 is 0.648 bits per heavy atom. The zero-order valence-electron chi connectivity index (χ0n) is 69.4. The number of alkyl carbamates (subject to hydrolysis) is 1. The van der Waals surface area contributed by atoms with Crippen LogP contribution in [0.4, 0.5) is 4.79 Å². The second kappa shape index (κ2) is 32.4. The molecule has 0 aromatic heterocycles. The van der Waals surface area contributed by atoms with Gasteiger partial charge in [0.05, 0.1) is 34.2 Å². The van der Waals surface area contributed by atoms with Gasteiger partial charge >= 0.3 is 12.1 Å². The van der Waals surface area contributed by atoms with E-state index in [1.54, 1.807) is 20.8 Å². The van der Waals surface area contributed by atoms with E-state index in [9.17, 15) is 9.59 Å². The Morgan fingerprint density at radius 1 is 0.246 bits per heavy atom. The molecule has 0 spiro atoms. The maximum atomic E-state index is 17.6. The van der Waals surface area contributed by atoms with Crippen LogP contribution in [0, 0.1) is 27.1 Å². The Kier molecular flexibility index (Phi) is 21.2. The normalized spacial score (nSPS) is 16.4. The lowest BCUT2D eigenvalue weighted by molar-refractivity contribution is -0.153. The average molecular weight is 1610 g/mol. The number of carbonyl (C=O) groups excluding carboxylic acids is 7. The van der Waals surface area contributed by atoms with E-state index in [4.69, 9.17) is 9.47 Å². The summed E-state index contributed by atoms with van der Waals surface area (Å²) in [6.45, 7) is 4.63. The molecule has 6 N–H and O–H groups in total. The van der Waals surface area contributed by atoms with Crippen LogP contribution in [-0.2, 0) is 115 Å². The standard InChI is InChI=1S/C107H100N6O9/c1-101(2,3)122-100(120)112-68-104(57-74-33-9-21-45-86(74)87-46-22-10-34-75(87)58-104)96(116)109-66-102(53-70-29-5-17-41-82(70)83-42-18-6-30-71(83)54-102)94(114)108-65-103(55-72-31-7-19-43-84(72)85-44-20-8-32-73(85)56-103)95(115)110-67-105(59-76-35-11-23-47-88(76)89-48-24-12-36-77(89)60-105)97(117)113-107(63-80-39-15-27-51-92(80)93-52-28-16-40-81(93)64-107)98(118)111-69-106(99(119)121-4)61-78-37-13-25-49-90(78)91-50-26-14-38-79(91)62-106/h5-52H,53-69H2,1-4H3,(H,108,114)(H,109,116)(H,110,115)(H,111,118)(H,112,120)(H,113,117). The fourth-order valence-electron chi connectivity index (χ4n) is 20.9. The summed E-state index contributed by atoms with van der Waals surface area (Å²) in [5.41, 5.74) is 12.6. The molecule has 0 unspecified atom stereocenters. The van der Waals surface area contributed by atoms with E-state index >= 15 is 24.0 Å². The van der Waals surface area contributed by atoms with E-state index in [0.717, 1.165) is 134 Å². The van der Waals surface area contributed by atoms with Gasteiger partial charge in [0.2, 0.25) is 29.5 Å². The van der Waals surface area contributed by atoms with Crippen molar-refractivity contribution in [2.75, 3.05) is 39.8 Å². The highest BCUT2D eigenvalue weighted by molar-refractivity contribution is 5.98. The number of rotatable bonds is 17. The Bertz CT molecular complexity index is 5870. The fraction of sp³-hybridized carbons (Fsp3) is 0.262. The van der Waals surface area contributed by atoms with Gasteiger partial charge in [-0.2, -0.15) is 0 Å². The van der Waals surface area contributed by atoms with Gasteiger partial charge in [0.25, 0.3) is 0 Å². The van der Waals surface area contributed by atoms with Gasteiger partial charge in [-0.15, -0.1) is 0 Å². The van der Waals surface area contributed by atoms with Crippen molar-refractivity contribution in [2.24, 2.45) is 27.1 Å². The summed E-state index contributed by atoms with van der Waals surface area (Å²) in [6.07, 6.45) is 1.42. The number of amides is 6. The molecule has 6 aliphatic rings. The predicted molar refractivity (Wildman–Crippen MR) is 477 cm³/mol. The van der Waals surface area contributed by atoms with E-state index in [0.29, 0.717) is 0 Å². The summed E-state index contributed by atoms with van der Waals surface area (Å²) in [5.74, 6) is -2.57. The highest BCUT2D eigenvalue weighted by Gasteiger charge is 2.54. The molecule has 0 radical (unpaired) electrons. The van der Waals surface area contributed by atoms with Gasteiger partial charge < -0.3 is 41.4 Å². The number of benzene rings is 12. The van der Waals surface area contributed by atoms with E-state index < -0.39 is 68.0 Å². The van der Waals surface area contributed by atoms with Crippen LogP contribution in [0.3, 0.4) is 0 Å². The van der Waals surface area contributed by atoms with Gasteiger partial charge in [0.15, 0.2) is 0 Å². The Morgan fingerprint density at radius 2 is 0.426 bits per heavy atom. The minimum absolute atomic E-state index is 0.0567. The molecule has 6 amide bonds. The molecule has 0 fully saturated rings. The third kappa shape index (κ3) is 15.1. The van der Waals surface area contributed by atoms with Crippen LogP contribution < -0.4 is 31.9 Å². The van der Waals surface area contributed by atoms with E-state index in [1.807, 2.05) is 194 Å². The Hall–Kier alpha value is -13.3. The van der Waals surface area contributed by atoms with Crippen LogP contribution in [0.5, 0.6) is 0 Å². The molecule has 0 saturated carbocycles. The summed E-state index contributed by atoms with van der Waals surface area (Å²) < 4.78 is 11.6. The van der Waals surface area contributed by atoms with Crippen LogP contribution in [0.15, 0.2) is 291 Å². The highest BCUT2D eigenvalue weighted by atomic mass is 16.6.